The summed E-state index contributed by atoms with van der Waals surface area (Å²) < 4.78 is 0. The zero-order valence-corrected chi connectivity index (χ0v) is 11.4. The smallest absolute Gasteiger partial charge is 0.263 e. The van der Waals surface area contributed by atoms with Gasteiger partial charge in [-0.05, 0) is 12.1 Å². The van der Waals surface area contributed by atoms with E-state index in [2.05, 4.69) is 19.9 Å². The number of benzene rings is 1. The number of aromatic nitrogens is 4. The minimum Gasteiger partial charge on any atom is -0.493 e. The minimum absolute atomic E-state index is 0.0263. The Morgan fingerprint density at radius 3 is 2.67 bits per heavy atom. The van der Waals surface area contributed by atoms with Crippen molar-refractivity contribution in [3.8, 4) is 28.5 Å². The highest BCUT2D eigenvalue weighted by atomic mass is 35.5. The van der Waals surface area contributed by atoms with Crippen LogP contribution in [0.2, 0.25) is 5.02 Å². The first-order valence-corrected chi connectivity index (χ1v) is 6.39. The van der Waals surface area contributed by atoms with Crippen molar-refractivity contribution in [1.82, 2.24) is 19.9 Å². The van der Waals surface area contributed by atoms with Crippen molar-refractivity contribution in [2.24, 2.45) is 0 Å². The van der Waals surface area contributed by atoms with Gasteiger partial charge in [-0.2, -0.15) is 4.98 Å². The number of aromatic hydroxyl groups is 1. The predicted molar refractivity (Wildman–Crippen MR) is 78.0 cm³/mol. The van der Waals surface area contributed by atoms with Gasteiger partial charge in [0.1, 0.15) is 17.6 Å². The van der Waals surface area contributed by atoms with Crippen molar-refractivity contribution in [3.05, 3.63) is 58.2 Å². The molecule has 2 N–H and O–H groups in total. The first kappa shape index (κ1) is 13.3. The number of hydrogen-bond acceptors (Lipinski definition) is 5. The number of hydrogen-bond donors (Lipinski definition) is 2. The fourth-order valence-electron chi connectivity index (χ4n) is 1.92. The van der Waals surface area contributed by atoms with E-state index in [4.69, 9.17) is 11.6 Å². The largest absolute Gasteiger partial charge is 0.493 e. The van der Waals surface area contributed by atoms with Gasteiger partial charge in [0.05, 0.1) is 0 Å². The van der Waals surface area contributed by atoms with E-state index in [9.17, 15) is 9.90 Å². The van der Waals surface area contributed by atoms with Crippen molar-refractivity contribution >= 4 is 11.6 Å². The van der Waals surface area contributed by atoms with Crippen LogP contribution in [0, 0.1) is 0 Å². The summed E-state index contributed by atoms with van der Waals surface area (Å²) in [7, 11) is 0. The van der Waals surface area contributed by atoms with Gasteiger partial charge in [0, 0.05) is 16.8 Å². The van der Waals surface area contributed by atoms with Gasteiger partial charge < -0.3 is 10.1 Å². The molecule has 0 aliphatic heterocycles. The van der Waals surface area contributed by atoms with Crippen LogP contribution in [0.15, 0.2) is 47.7 Å². The molecule has 0 saturated heterocycles. The second kappa shape index (κ2) is 5.34. The minimum atomic E-state index is -0.496. The molecule has 3 rings (SSSR count). The summed E-state index contributed by atoms with van der Waals surface area (Å²) in [5.41, 5.74) is 0.352. The maximum atomic E-state index is 12.2. The normalized spacial score (nSPS) is 10.5. The number of aromatic amines is 1. The Kier molecular flexibility index (Phi) is 3.37. The van der Waals surface area contributed by atoms with Gasteiger partial charge in [0.2, 0.25) is 5.88 Å². The van der Waals surface area contributed by atoms with Crippen LogP contribution in [0.5, 0.6) is 5.88 Å². The Morgan fingerprint density at radius 1 is 1.19 bits per heavy atom. The predicted octanol–water partition coefficient (Wildman–Crippen LogP) is 2.25. The molecular formula is C14H9ClN4O2. The maximum absolute atomic E-state index is 12.2. The SMILES string of the molecule is O=c1[nH]c(-c2ccncn2)nc(O)c1-c1ccccc1Cl. The molecule has 0 saturated carbocycles. The fourth-order valence-corrected chi connectivity index (χ4v) is 2.15. The molecule has 0 aliphatic carbocycles. The second-order valence-corrected chi connectivity index (χ2v) is 4.59. The highest BCUT2D eigenvalue weighted by molar-refractivity contribution is 6.33. The van der Waals surface area contributed by atoms with E-state index in [1.807, 2.05) is 0 Å². The molecule has 0 aliphatic rings. The lowest BCUT2D eigenvalue weighted by Gasteiger charge is -2.07. The van der Waals surface area contributed by atoms with Crippen LogP contribution in [0.4, 0.5) is 0 Å². The van der Waals surface area contributed by atoms with Crippen molar-refractivity contribution in [1.29, 1.82) is 0 Å². The van der Waals surface area contributed by atoms with Crippen LogP contribution >= 0.6 is 11.6 Å². The Balaban J connectivity index is 2.19. The van der Waals surface area contributed by atoms with Crippen LogP contribution < -0.4 is 5.56 Å². The summed E-state index contributed by atoms with van der Waals surface area (Å²) in [6.45, 7) is 0. The molecule has 2 heterocycles. The molecule has 0 atom stereocenters. The molecule has 0 radical (unpaired) electrons. The highest BCUT2D eigenvalue weighted by Gasteiger charge is 2.16. The summed E-state index contributed by atoms with van der Waals surface area (Å²) in [4.78, 5) is 26.5. The first-order chi connectivity index (χ1) is 10.2. The van der Waals surface area contributed by atoms with Crippen molar-refractivity contribution in [2.45, 2.75) is 0 Å². The third kappa shape index (κ3) is 2.48. The average molecular weight is 301 g/mol. The number of nitrogens with one attached hydrogen (secondary N) is 1. The van der Waals surface area contributed by atoms with E-state index in [1.165, 1.54) is 12.5 Å². The molecule has 0 fully saturated rings. The summed E-state index contributed by atoms with van der Waals surface area (Å²) in [5, 5.41) is 10.4. The summed E-state index contributed by atoms with van der Waals surface area (Å²) in [6.07, 6.45) is 2.84. The van der Waals surface area contributed by atoms with Crippen LogP contribution in [0.1, 0.15) is 0 Å². The Hall–Kier alpha value is -2.73. The highest BCUT2D eigenvalue weighted by Crippen LogP contribution is 2.30. The monoisotopic (exact) mass is 300 g/mol. The standard InChI is InChI=1S/C14H9ClN4O2/c15-9-4-2-1-3-8(9)11-13(20)18-12(19-14(11)21)10-5-6-16-7-17-10/h1-7H,(H2,18,19,20,21). The van der Waals surface area contributed by atoms with Crippen LogP contribution in [-0.4, -0.2) is 25.0 Å². The van der Waals surface area contributed by atoms with Crippen LogP contribution in [0.3, 0.4) is 0 Å². The molecule has 0 amide bonds. The molecule has 2 aromatic heterocycles. The molecule has 1 aromatic carbocycles. The maximum Gasteiger partial charge on any atom is 0.263 e. The first-order valence-electron chi connectivity index (χ1n) is 6.01. The van der Waals surface area contributed by atoms with Gasteiger partial charge in [0.15, 0.2) is 5.82 Å². The zero-order chi connectivity index (χ0) is 14.8. The van der Waals surface area contributed by atoms with Crippen molar-refractivity contribution in [3.63, 3.8) is 0 Å². The van der Waals surface area contributed by atoms with Gasteiger partial charge in [-0.15, -0.1) is 0 Å². The lowest BCUT2D eigenvalue weighted by Crippen LogP contribution is -2.12. The summed E-state index contributed by atoms with van der Waals surface area (Å²) >= 11 is 6.05. The lowest BCUT2D eigenvalue weighted by atomic mass is 10.1. The third-order valence-corrected chi connectivity index (χ3v) is 3.20. The number of H-pyrrole nitrogens is 1. The van der Waals surface area contributed by atoms with Gasteiger partial charge in [-0.3, -0.25) is 4.79 Å². The van der Waals surface area contributed by atoms with Crippen molar-refractivity contribution in [2.75, 3.05) is 0 Å². The molecule has 7 heteroatoms. The van der Waals surface area contributed by atoms with E-state index >= 15 is 0 Å². The average Bonchev–Trinajstić information content (AvgIpc) is 2.49. The van der Waals surface area contributed by atoms with E-state index in [0.717, 1.165) is 0 Å². The molecule has 104 valence electrons. The lowest BCUT2D eigenvalue weighted by molar-refractivity contribution is 0.454. The zero-order valence-electron chi connectivity index (χ0n) is 10.6. The summed E-state index contributed by atoms with van der Waals surface area (Å²) in [5.74, 6) is -0.240. The van der Waals surface area contributed by atoms with E-state index < -0.39 is 11.4 Å². The van der Waals surface area contributed by atoms with Gasteiger partial charge in [-0.25, -0.2) is 9.97 Å². The fraction of sp³-hybridized carbons (Fsp3) is 0. The second-order valence-electron chi connectivity index (χ2n) is 4.19. The Labute approximate surface area is 124 Å². The third-order valence-electron chi connectivity index (χ3n) is 2.87. The molecule has 3 aromatic rings. The number of rotatable bonds is 2. The van der Waals surface area contributed by atoms with E-state index in [-0.39, 0.29) is 11.4 Å². The number of halogens is 1. The molecular weight excluding hydrogens is 292 g/mol. The van der Waals surface area contributed by atoms with E-state index in [0.29, 0.717) is 16.3 Å². The van der Waals surface area contributed by atoms with Gasteiger partial charge in [-0.1, -0.05) is 29.8 Å². The number of nitrogens with zero attached hydrogens (tertiary/aromatic N) is 3. The quantitative estimate of drug-likeness (QED) is 0.757. The summed E-state index contributed by atoms with van der Waals surface area (Å²) in [6, 6.07) is 8.30. The molecule has 0 spiro atoms. The van der Waals surface area contributed by atoms with Crippen LogP contribution in [0.25, 0.3) is 22.6 Å². The van der Waals surface area contributed by atoms with Crippen LogP contribution in [-0.2, 0) is 0 Å². The van der Waals surface area contributed by atoms with Crippen molar-refractivity contribution < 1.29 is 5.11 Å². The molecule has 0 unspecified atom stereocenters. The van der Waals surface area contributed by atoms with Gasteiger partial charge in [0.25, 0.3) is 5.56 Å². The Morgan fingerprint density at radius 2 is 2.00 bits per heavy atom. The molecule has 6 nitrogen and oxygen atoms in total. The molecule has 0 bridgehead atoms. The van der Waals surface area contributed by atoms with E-state index in [1.54, 1.807) is 30.3 Å². The topological polar surface area (TPSA) is 91.8 Å². The Bertz CT molecular complexity index is 849. The van der Waals surface area contributed by atoms with Gasteiger partial charge >= 0.3 is 0 Å². The molecule has 21 heavy (non-hydrogen) atoms.